The van der Waals surface area contributed by atoms with Gasteiger partial charge in [-0.15, -0.1) is 6.58 Å². The summed E-state index contributed by atoms with van der Waals surface area (Å²) in [6, 6.07) is 14.0. The van der Waals surface area contributed by atoms with Gasteiger partial charge in [0.05, 0.1) is 24.2 Å². The molecular weight excluding hydrogens is 445 g/mol. The van der Waals surface area contributed by atoms with Gasteiger partial charge in [0.25, 0.3) is 0 Å². The Bertz CT molecular complexity index is 900. The fraction of sp³-hybridized carbons (Fsp3) is 0.423. The van der Waals surface area contributed by atoms with Gasteiger partial charge >= 0.3 is 0 Å². The van der Waals surface area contributed by atoms with Gasteiger partial charge in [-0.25, -0.2) is 0 Å². The molecule has 0 saturated heterocycles. The quantitative estimate of drug-likeness (QED) is 0.352. The Morgan fingerprint density at radius 3 is 2.31 bits per heavy atom. The summed E-state index contributed by atoms with van der Waals surface area (Å²) in [6.45, 7) is 9.47. The molecule has 0 bridgehead atoms. The molecule has 0 aromatic heterocycles. The normalized spacial score (nSPS) is 16.1. The van der Waals surface area contributed by atoms with Crippen molar-refractivity contribution >= 4 is 29.1 Å². The van der Waals surface area contributed by atoms with Crippen molar-refractivity contribution in [1.82, 2.24) is 5.32 Å². The molecule has 2 aromatic carbocycles. The van der Waals surface area contributed by atoms with Crippen LogP contribution in [0.15, 0.2) is 61.2 Å². The first-order chi connectivity index (χ1) is 15.1. The number of carbonyl (C=O) groups excluding carboxylic acids is 1. The van der Waals surface area contributed by atoms with Gasteiger partial charge in [-0.3, -0.25) is 4.79 Å². The summed E-state index contributed by atoms with van der Waals surface area (Å²) in [5.41, 5.74) is 0.687. The molecule has 32 heavy (non-hydrogen) atoms. The van der Waals surface area contributed by atoms with Gasteiger partial charge in [0.1, 0.15) is 0 Å². The van der Waals surface area contributed by atoms with Crippen LogP contribution < -0.4 is 5.32 Å². The predicted octanol–water partition coefficient (Wildman–Crippen LogP) is 5.92. The Morgan fingerprint density at radius 2 is 1.78 bits per heavy atom. The van der Waals surface area contributed by atoms with Gasteiger partial charge in [0.15, 0.2) is 0 Å². The van der Waals surface area contributed by atoms with Gasteiger partial charge in [0.2, 0.25) is 5.91 Å². The zero-order valence-corrected chi connectivity index (χ0v) is 20.4. The number of amides is 1. The molecule has 174 valence electrons. The van der Waals surface area contributed by atoms with Crippen LogP contribution in [0.1, 0.15) is 56.8 Å². The van der Waals surface area contributed by atoms with E-state index in [1.807, 2.05) is 39.0 Å². The van der Waals surface area contributed by atoms with Crippen LogP contribution in [0, 0.1) is 11.3 Å². The van der Waals surface area contributed by atoms with E-state index in [2.05, 4.69) is 11.9 Å². The van der Waals surface area contributed by atoms with Crippen LogP contribution in [0.3, 0.4) is 0 Å². The smallest absolute Gasteiger partial charge is 0.226 e. The molecule has 0 aliphatic heterocycles. The molecule has 6 heteroatoms. The first-order valence-electron chi connectivity index (χ1n) is 10.8. The lowest BCUT2D eigenvalue weighted by Gasteiger charge is -2.35. The highest BCUT2D eigenvalue weighted by molar-refractivity contribution is 6.30. The summed E-state index contributed by atoms with van der Waals surface area (Å²) < 4.78 is 0. The Labute approximate surface area is 201 Å². The molecule has 0 aliphatic rings. The molecule has 0 spiro atoms. The molecule has 0 heterocycles. The molecule has 3 unspecified atom stereocenters. The van der Waals surface area contributed by atoms with Gasteiger partial charge in [-0.1, -0.05) is 74.3 Å². The van der Waals surface area contributed by atoms with E-state index in [0.29, 0.717) is 28.5 Å². The van der Waals surface area contributed by atoms with Gasteiger partial charge in [0, 0.05) is 16.0 Å². The number of aliphatic hydroxyl groups is 2. The summed E-state index contributed by atoms with van der Waals surface area (Å²) in [5.74, 6) is -0.502. The van der Waals surface area contributed by atoms with Gasteiger partial charge < -0.3 is 15.5 Å². The molecule has 4 nitrogen and oxygen atoms in total. The van der Waals surface area contributed by atoms with E-state index in [1.54, 1.807) is 36.4 Å². The van der Waals surface area contributed by atoms with Crippen LogP contribution in [-0.2, 0) is 4.79 Å². The Hall–Kier alpha value is -1.85. The first-order valence-corrected chi connectivity index (χ1v) is 11.6. The maximum Gasteiger partial charge on any atom is 0.226 e. The van der Waals surface area contributed by atoms with Crippen molar-refractivity contribution < 1.29 is 15.0 Å². The second-order valence-corrected chi connectivity index (χ2v) is 9.79. The number of aliphatic hydroxyl groups excluding tert-OH is 2. The summed E-state index contributed by atoms with van der Waals surface area (Å²) in [4.78, 5) is 13.4. The number of benzene rings is 2. The third-order valence-electron chi connectivity index (χ3n) is 6.00. The number of hydrogen-bond acceptors (Lipinski definition) is 3. The minimum absolute atomic E-state index is 0.0836. The lowest BCUT2D eigenvalue weighted by atomic mass is 9.72. The average Bonchev–Trinajstić information content (AvgIpc) is 2.75. The SMILES string of the molecule is C=CCC(C)(C[C@H](c1cccc(Cl)c1)C(O)c1ccc(Cl)cc1)C(=O)NC(CO)C(C)C. The molecule has 3 N–H and O–H groups in total. The van der Waals surface area contributed by atoms with E-state index >= 15 is 0 Å². The number of rotatable bonds is 11. The van der Waals surface area contributed by atoms with E-state index in [1.165, 1.54) is 0 Å². The van der Waals surface area contributed by atoms with Crippen molar-refractivity contribution in [3.05, 3.63) is 82.4 Å². The van der Waals surface area contributed by atoms with E-state index in [4.69, 9.17) is 23.2 Å². The molecule has 0 radical (unpaired) electrons. The number of halogens is 2. The van der Waals surface area contributed by atoms with Gasteiger partial charge in [-0.05, 0) is 54.2 Å². The van der Waals surface area contributed by atoms with Crippen LogP contribution in [-0.4, -0.2) is 28.8 Å². The number of hydrogen-bond donors (Lipinski definition) is 3. The van der Waals surface area contributed by atoms with Crippen molar-refractivity contribution in [2.75, 3.05) is 6.61 Å². The molecule has 2 aromatic rings. The van der Waals surface area contributed by atoms with Crippen molar-refractivity contribution in [2.24, 2.45) is 11.3 Å². The lowest BCUT2D eigenvalue weighted by Crippen LogP contribution is -2.48. The third-order valence-corrected chi connectivity index (χ3v) is 6.49. The molecule has 2 rings (SSSR count). The summed E-state index contributed by atoms with van der Waals surface area (Å²) in [7, 11) is 0. The number of nitrogens with one attached hydrogen (secondary N) is 1. The topological polar surface area (TPSA) is 69.6 Å². The largest absolute Gasteiger partial charge is 0.394 e. The zero-order valence-electron chi connectivity index (χ0n) is 18.9. The van der Waals surface area contributed by atoms with E-state index in [0.717, 1.165) is 5.56 Å². The van der Waals surface area contributed by atoms with Crippen LogP contribution in [0.25, 0.3) is 0 Å². The number of carbonyl (C=O) groups is 1. The molecule has 0 saturated carbocycles. The molecule has 0 aliphatic carbocycles. The van der Waals surface area contributed by atoms with Crippen LogP contribution >= 0.6 is 23.2 Å². The Balaban J connectivity index is 2.44. The van der Waals surface area contributed by atoms with E-state index in [9.17, 15) is 15.0 Å². The predicted molar refractivity (Wildman–Crippen MR) is 132 cm³/mol. The highest BCUT2D eigenvalue weighted by atomic mass is 35.5. The lowest BCUT2D eigenvalue weighted by molar-refractivity contribution is -0.132. The first kappa shape index (κ1) is 26.4. The maximum absolute atomic E-state index is 13.4. The summed E-state index contributed by atoms with van der Waals surface area (Å²) >= 11 is 12.3. The third kappa shape index (κ3) is 6.82. The maximum atomic E-state index is 13.4. The highest BCUT2D eigenvalue weighted by Gasteiger charge is 2.39. The molecule has 0 fully saturated rings. The van der Waals surface area contributed by atoms with Crippen molar-refractivity contribution in [2.45, 2.75) is 51.7 Å². The fourth-order valence-electron chi connectivity index (χ4n) is 3.88. The average molecular weight is 478 g/mol. The second kappa shape index (κ2) is 11.9. The Morgan fingerprint density at radius 1 is 1.12 bits per heavy atom. The van der Waals surface area contributed by atoms with E-state index in [-0.39, 0.29) is 24.5 Å². The minimum atomic E-state index is -0.874. The number of allylic oxidation sites excluding steroid dienone is 1. The fourth-order valence-corrected chi connectivity index (χ4v) is 4.20. The van der Waals surface area contributed by atoms with Crippen molar-refractivity contribution in [3.63, 3.8) is 0 Å². The van der Waals surface area contributed by atoms with Gasteiger partial charge in [-0.2, -0.15) is 0 Å². The van der Waals surface area contributed by atoms with Crippen LogP contribution in [0.2, 0.25) is 10.0 Å². The second-order valence-electron chi connectivity index (χ2n) is 8.92. The highest BCUT2D eigenvalue weighted by Crippen LogP contribution is 2.43. The minimum Gasteiger partial charge on any atom is -0.394 e. The monoisotopic (exact) mass is 477 g/mol. The molecule has 4 atom stereocenters. The van der Waals surface area contributed by atoms with Crippen LogP contribution in [0.5, 0.6) is 0 Å². The summed E-state index contributed by atoms with van der Waals surface area (Å²) in [6.07, 6.45) is 1.61. The standard InChI is InChI=1S/C26H33Cl2NO3/c1-5-13-26(4,25(32)29-23(16-30)17(2)3)15-22(19-7-6-8-21(28)14-19)24(31)18-9-11-20(27)12-10-18/h5-12,14,17,22-24,30-31H,1,13,15-16H2,2-4H3,(H,29,32)/t22-,23?,24?,26?/m1/s1. The Kier molecular flexibility index (Phi) is 9.78. The summed E-state index contributed by atoms with van der Waals surface area (Å²) in [5, 5.41) is 25.2. The molecular formula is C26H33Cl2NO3. The van der Waals surface area contributed by atoms with Crippen molar-refractivity contribution in [1.29, 1.82) is 0 Å². The van der Waals surface area contributed by atoms with Crippen LogP contribution in [0.4, 0.5) is 0 Å². The van der Waals surface area contributed by atoms with E-state index < -0.39 is 17.4 Å². The molecule has 1 amide bonds. The zero-order chi connectivity index (χ0) is 23.9. The van der Waals surface area contributed by atoms with Crippen molar-refractivity contribution in [3.8, 4) is 0 Å².